The molecule has 26 heavy (non-hydrogen) atoms. The molecule has 1 aliphatic rings. The topological polar surface area (TPSA) is 109 Å². The van der Waals surface area contributed by atoms with E-state index in [2.05, 4.69) is 26.2 Å². The number of primary amides is 1. The number of nitrogens with zero attached hydrogens (tertiary/aromatic N) is 3. The fourth-order valence-corrected chi connectivity index (χ4v) is 3.07. The number of likely N-dealkylation sites (N-methyl/N-ethyl adjacent to an activating group) is 1. The average Bonchev–Trinajstić information content (AvgIpc) is 2.62. The summed E-state index contributed by atoms with van der Waals surface area (Å²) in [4.78, 5) is 43.5. The van der Waals surface area contributed by atoms with Gasteiger partial charge in [0.2, 0.25) is 17.7 Å². The summed E-state index contributed by atoms with van der Waals surface area (Å²) in [6, 6.07) is 3.04. The lowest BCUT2D eigenvalue weighted by atomic mass is 9.96. The molecule has 0 bridgehead atoms. The van der Waals surface area contributed by atoms with E-state index in [0.717, 1.165) is 4.47 Å². The third-order valence-corrected chi connectivity index (χ3v) is 5.08. The SMILES string of the molecule is CC(C(=O)N1CCC(C(N)=O)CC1)N(C)CC(=O)Nc1ccc(Br)cn1. The highest BCUT2D eigenvalue weighted by Gasteiger charge is 2.30. The number of rotatable bonds is 6. The molecule has 1 unspecified atom stereocenters. The number of halogens is 1. The lowest BCUT2D eigenvalue weighted by Crippen LogP contribution is -2.50. The average molecular weight is 426 g/mol. The smallest absolute Gasteiger partial charge is 0.239 e. The minimum absolute atomic E-state index is 0.0509. The lowest BCUT2D eigenvalue weighted by molar-refractivity contribution is -0.139. The van der Waals surface area contributed by atoms with Gasteiger partial charge in [-0.2, -0.15) is 0 Å². The van der Waals surface area contributed by atoms with Crippen molar-refractivity contribution in [2.24, 2.45) is 11.7 Å². The summed E-state index contributed by atoms with van der Waals surface area (Å²) < 4.78 is 0.826. The van der Waals surface area contributed by atoms with Gasteiger partial charge in [0.25, 0.3) is 0 Å². The van der Waals surface area contributed by atoms with E-state index in [9.17, 15) is 14.4 Å². The van der Waals surface area contributed by atoms with Gasteiger partial charge in [-0.3, -0.25) is 19.3 Å². The van der Waals surface area contributed by atoms with Crippen molar-refractivity contribution >= 4 is 39.5 Å². The van der Waals surface area contributed by atoms with Crippen molar-refractivity contribution in [2.45, 2.75) is 25.8 Å². The third kappa shape index (κ3) is 5.50. The zero-order valence-electron chi connectivity index (χ0n) is 14.9. The Balaban J connectivity index is 1.83. The molecule has 2 rings (SSSR count). The molecule has 0 radical (unpaired) electrons. The summed E-state index contributed by atoms with van der Waals surface area (Å²) in [5.74, 6) is -0.296. The first-order valence-electron chi connectivity index (χ1n) is 8.47. The predicted molar refractivity (Wildman–Crippen MR) is 101 cm³/mol. The number of hydrogen-bond acceptors (Lipinski definition) is 5. The number of amides is 3. The van der Waals surface area contributed by atoms with E-state index in [1.165, 1.54) is 0 Å². The fourth-order valence-electron chi connectivity index (χ4n) is 2.83. The molecule has 0 spiro atoms. The Bertz CT molecular complexity index is 659. The molecule has 8 nitrogen and oxygen atoms in total. The van der Waals surface area contributed by atoms with E-state index in [1.54, 1.807) is 42.1 Å². The van der Waals surface area contributed by atoms with Gasteiger partial charge in [-0.25, -0.2) is 4.98 Å². The number of pyridine rings is 1. The van der Waals surface area contributed by atoms with Crippen molar-refractivity contribution in [3.05, 3.63) is 22.8 Å². The summed E-state index contributed by atoms with van der Waals surface area (Å²) in [6.07, 6.45) is 2.78. The van der Waals surface area contributed by atoms with Gasteiger partial charge in [-0.15, -0.1) is 0 Å². The Labute approximate surface area is 161 Å². The van der Waals surface area contributed by atoms with E-state index in [1.807, 2.05) is 0 Å². The maximum atomic E-state index is 12.6. The number of nitrogens with one attached hydrogen (secondary N) is 1. The minimum Gasteiger partial charge on any atom is -0.369 e. The molecular weight excluding hydrogens is 402 g/mol. The van der Waals surface area contributed by atoms with Gasteiger partial charge in [0.05, 0.1) is 12.6 Å². The van der Waals surface area contributed by atoms with Crippen LogP contribution in [0.3, 0.4) is 0 Å². The fraction of sp³-hybridized carbons (Fsp3) is 0.529. The molecule has 1 aromatic rings. The van der Waals surface area contributed by atoms with E-state index in [0.29, 0.717) is 31.7 Å². The van der Waals surface area contributed by atoms with Crippen LogP contribution < -0.4 is 11.1 Å². The van der Waals surface area contributed by atoms with Crippen LogP contribution in [0.2, 0.25) is 0 Å². The van der Waals surface area contributed by atoms with Gasteiger partial charge in [-0.05, 0) is 54.9 Å². The summed E-state index contributed by atoms with van der Waals surface area (Å²) in [7, 11) is 1.73. The van der Waals surface area contributed by atoms with Crippen molar-refractivity contribution in [3.8, 4) is 0 Å². The number of piperidine rings is 1. The molecular formula is C17H24BrN5O3. The second-order valence-corrected chi connectivity index (χ2v) is 7.42. The zero-order chi connectivity index (χ0) is 19.3. The number of carbonyl (C=O) groups is 3. The molecule has 1 fully saturated rings. The van der Waals surface area contributed by atoms with Gasteiger partial charge in [0.1, 0.15) is 5.82 Å². The van der Waals surface area contributed by atoms with Gasteiger partial charge in [0.15, 0.2) is 0 Å². The zero-order valence-corrected chi connectivity index (χ0v) is 16.5. The molecule has 0 aliphatic carbocycles. The number of likely N-dealkylation sites (tertiary alicyclic amines) is 1. The van der Waals surface area contributed by atoms with Crippen LogP contribution in [0.25, 0.3) is 0 Å². The molecule has 3 amide bonds. The number of hydrogen-bond donors (Lipinski definition) is 2. The predicted octanol–water partition coefficient (Wildman–Crippen LogP) is 0.827. The monoisotopic (exact) mass is 425 g/mol. The minimum atomic E-state index is -0.441. The number of anilines is 1. The van der Waals surface area contributed by atoms with Gasteiger partial charge < -0.3 is 16.0 Å². The van der Waals surface area contributed by atoms with E-state index in [4.69, 9.17) is 5.73 Å². The van der Waals surface area contributed by atoms with Crippen molar-refractivity contribution < 1.29 is 14.4 Å². The first-order valence-corrected chi connectivity index (χ1v) is 9.27. The quantitative estimate of drug-likeness (QED) is 0.701. The summed E-state index contributed by atoms with van der Waals surface area (Å²) >= 11 is 3.29. The van der Waals surface area contributed by atoms with Crippen LogP contribution in [0.15, 0.2) is 22.8 Å². The van der Waals surface area contributed by atoms with Crippen molar-refractivity contribution in [2.75, 3.05) is 32.0 Å². The summed E-state index contributed by atoms with van der Waals surface area (Å²) in [6.45, 7) is 2.87. The molecule has 1 atom stereocenters. The molecule has 0 aromatic carbocycles. The number of nitrogens with two attached hydrogens (primary N) is 1. The highest BCUT2D eigenvalue weighted by molar-refractivity contribution is 9.10. The van der Waals surface area contributed by atoms with Crippen LogP contribution in [0.5, 0.6) is 0 Å². The Morgan fingerprint density at radius 3 is 2.58 bits per heavy atom. The van der Waals surface area contributed by atoms with E-state index < -0.39 is 6.04 Å². The largest absolute Gasteiger partial charge is 0.369 e. The summed E-state index contributed by atoms with van der Waals surface area (Å²) in [5, 5.41) is 2.70. The lowest BCUT2D eigenvalue weighted by Gasteiger charge is -2.34. The molecule has 3 N–H and O–H groups in total. The molecule has 0 saturated carbocycles. The molecule has 9 heteroatoms. The Morgan fingerprint density at radius 2 is 2.04 bits per heavy atom. The number of aromatic nitrogens is 1. The Morgan fingerprint density at radius 1 is 1.38 bits per heavy atom. The Hall–Kier alpha value is -2.00. The standard InChI is InChI=1S/C17H24BrN5O3/c1-11(17(26)23-7-5-12(6-8-23)16(19)25)22(2)10-15(24)21-14-4-3-13(18)9-20-14/h3-4,9,11-12H,5-8,10H2,1-2H3,(H2,19,25)(H,20,21,24). The van der Waals surface area contributed by atoms with Crippen LogP contribution in [-0.2, 0) is 14.4 Å². The first-order chi connectivity index (χ1) is 12.3. The normalized spacial score (nSPS) is 16.4. The second kappa shape index (κ2) is 9.09. The van der Waals surface area contributed by atoms with Crippen LogP contribution in [0.4, 0.5) is 5.82 Å². The highest BCUT2D eigenvalue weighted by Crippen LogP contribution is 2.18. The molecule has 1 saturated heterocycles. The van der Waals surface area contributed by atoms with Crippen molar-refractivity contribution in [1.82, 2.24) is 14.8 Å². The second-order valence-electron chi connectivity index (χ2n) is 6.50. The third-order valence-electron chi connectivity index (χ3n) is 4.62. The van der Waals surface area contributed by atoms with E-state index >= 15 is 0 Å². The highest BCUT2D eigenvalue weighted by atomic mass is 79.9. The molecule has 2 heterocycles. The van der Waals surface area contributed by atoms with Crippen LogP contribution >= 0.6 is 15.9 Å². The van der Waals surface area contributed by atoms with Crippen molar-refractivity contribution in [1.29, 1.82) is 0 Å². The van der Waals surface area contributed by atoms with Crippen molar-refractivity contribution in [3.63, 3.8) is 0 Å². The van der Waals surface area contributed by atoms with Gasteiger partial charge >= 0.3 is 0 Å². The first kappa shape index (κ1) is 20.3. The molecule has 1 aliphatic heterocycles. The molecule has 1 aromatic heterocycles. The van der Waals surface area contributed by atoms with Crippen LogP contribution in [0, 0.1) is 5.92 Å². The molecule has 142 valence electrons. The number of carbonyl (C=O) groups excluding carboxylic acids is 3. The maximum Gasteiger partial charge on any atom is 0.239 e. The maximum absolute atomic E-state index is 12.6. The van der Waals surface area contributed by atoms with Gasteiger partial charge in [-0.1, -0.05) is 0 Å². The Kier molecular flexibility index (Phi) is 7.10. The van der Waals surface area contributed by atoms with Gasteiger partial charge in [0, 0.05) is 29.7 Å². The van der Waals surface area contributed by atoms with Crippen LogP contribution in [0.1, 0.15) is 19.8 Å². The summed E-state index contributed by atoms with van der Waals surface area (Å²) in [5.41, 5.74) is 5.32. The van der Waals surface area contributed by atoms with Crippen LogP contribution in [-0.4, -0.2) is 65.2 Å². The van der Waals surface area contributed by atoms with E-state index in [-0.39, 0.29) is 30.2 Å².